The molecule has 0 radical (unpaired) electrons. The number of hydrogen-bond donors (Lipinski definition) is 2. The fourth-order valence-electron chi connectivity index (χ4n) is 0.303. The van der Waals surface area contributed by atoms with Crippen LogP contribution in [0.1, 0.15) is 0 Å². The van der Waals surface area contributed by atoms with Crippen molar-refractivity contribution >= 4 is 0 Å². The Balaban J connectivity index is 5.01. The van der Waals surface area contributed by atoms with Crippen LogP contribution in [0.25, 0.3) is 0 Å². The molecule has 0 amide bonds. The summed E-state index contributed by atoms with van der Waals surface area (Å²) in [5.74, 6) is -7.66. The van der Waals surface area contributed by atoms with Crippen molar-refractivity contribution < 1.29 is 26.3 Å². The molecule has 4 N–H and O–H groups in total. The molecule has 0 heterocycles. The Kier molecular flexibility index (Phi) is 2.51. The Morgan fingerprint density at radius 3 is 1.33 bits per heavy atom. The Hall–Kier alpha value is -1.08. The minimum Gasteiger partial charge on any atom is -0.393 e. The molecule has 0 atom stereocenters. The lowest BCUT2D eigenvalue weighted by molar-refractivity contribution is -0.265. The normalized spacial score (nSPS) is 15.8. The van der Waals surface area contributed by atoms with Crippen LogP contribution in [0.2, 0.25) is 0 Å². The summed E-state index contributed by atoms with van der Waals surface area (Å²) >= 11 is 0. The lowest BCUT2D eigenvalue weighted by Crippen LogP contribution is -2.42. The molecular formula is C4H4F6N2. The quantitative estimate of drug-likeness (QED) is 0.487. The van der Waals surface area contributed by atoms with E-state index in [-0.39, 0.29) is 0 Å². The number of hydrogen-bond acceptors (Lipinski definition) is 2. The predicted molar refractivity (Wildman–Crippen MR) is 27.5 cm³/mol. The van der Waals surface area contributed by atoms with Gasteiger partial charge in [-0.1, -0.05) is 0 Å². The van der Waals surface area contributed by atoms with E-state index in [0.29, 0.717) is 0 Å². The minimum absolute atomic E-state index is 2.24. The maximum absolute atomic E-state index is 11.9. The molecule has 0 bridgehead atoms. The number of alkyl halides is 5. The van der Waals surface area contributed by atoms with Crippen molar-refractivity contribution in [2.75, 3.05) is 0 Å². The van der Waals surface area contributed by atoms with Crippen molar-refractivity contribution in [3.8, 4) is 0 Å². The molecule has 0 saturated heterocycles. The Morgan fingerprint density at radius 1 is 0.917 bits per heavy atom. The first-order valence-electron chi connectivity index (χ1n) is 2.46. The zero-order valence-electron chi connectivity index (χ0n) is 5.42. The summed E-state index contributed by atoms with van der Waals surface area (Å²) in [6.45, 7) is 0. The largest absolute Gasteiger partial charge is 0.459 e. The van der Waals surface area contributed by atoms with Gasteiger partial charge >= 0.3 is 12.1 Å². The van der Waals surface area contributed by atoms with Crippen molar-refractivity contribution in [1.82, 2.24) is 0 Å². The van der Waals surface area contributed by atoms with Crippen LogP contribution in [0.5, 0.6) is 0 Å². The van der Waals surface area contributed by atoms with E-state index in [1.807, 2.05) is 0 Å². The number of allylic oxidation sites excluding steroid dienone is 1. The fraction of sp³-hybridized carbons (Fsp3) is 0.500. The maximum Gasteiger partial charge on any atom is 0.459 e. The Bertz CT molecular complexity index is 200. The van der Waals surface area contributed by atoms with Gasteiger partial charge in [-0.3, -0.25) is 0 Å². The van der Waals surface area contributed by atoms with Crippen LogP contribution in [-0.2, 0) is 0 Å². The number of halogens is 6. The molecule has 0 aliphatic carbocycles. The topological polar surface area (TPSA) is 52.0 Å². The standard InChI is InChI=1S/C4H4F6N2/c5-2(12)1(11)3(6,7)4(8,9)10/h11-12H2. The van der Waals surface area contributed by atoms with Gasteiger partial charge in [-0.2, -0.15) is 26.3 Å². The van der Waals surface area contributed by atoms with E-state index in [4.69, 9.17) is 0 Å². The zero-order chi connectivity index (χ0) is 10.2. The van der Waals surface area contributed by atoms with Gasteiger partial charge in [-0.05, 0) is 0 Å². The third kappa shape index (κ3) is 1.74. The molecular weight excluding hydrogens is 190 g/mol. The molecule has 0 aliphatic heterocycles. The third-order valence-corrected chi connectivity index (χ3v) is 0.952. The van der Waals surface area contributed by atoms with Crippen LogP contribution in [-0.4, -0.2) is 12.1 Å². The van der Waals surface area contributed by atoms with Crippen molar-refractivity contribution in [2.45, 2.75) is 12.1 Å². The summed E-state index contributed by atoms with van der Waals surface area (Å²) in [5, 5.41) is 0. The van der Waals surface area contributed by atoms with E-state index in [0.717, 1.165) is 0 Å². The molecule has 8 heteroatoms. The van der Waals surface area contributed by atoms with E-state index >= 15 is 0 Å². The van der Waals surface area contributed by atoms with Gasteiger partial charge in [0.1, 0.15) is 5.70 Å². The second kappa shape index (κ2) is 2.76. The van der Waals surface area contributed by atoms with E-state index in [1.54, 1.807) is 0 Å². The highest BCUT2D eigenvalue weighted by molar-refractivity contribution is 5.13. The highest BCUT2D eigenvalue weighted by atomic mass is 19.4. The van der Waals surface area contributed by atoms with Gasteiger partial charge in [0.15, 0.2) is 0 Å². The summed E-state index contributed by atoms with van der Waals surface area (Å²) in [7, 11) is 0. The predicted octanol–water partition coefficient (Wildman–Crippen LogP) is 1.24. The minimum atomic E-state index is -5.94. The molecule has 0 aliphatic rings. The first-order chi connectivity index (χ1) is 5.10. The maximum atomic E-state index is 11.9. The van der Waals surface area contributed by atoms with Gasteiger partial charge in [0.05, 0.1) is 0 Å². The zero-order valence-corrected chi connectivity index (χ0v) is 5.42. The van der Waals surface area contributed by atoms with E-state index in [2.05, 4.69) is 11.5 Å². The summed E-state index contributed by atoms with van der Waals surface area (Å²) in [6, 6.07) is 0. The monoisotopic (exact) mass is 194 g/mol. The first kappa shape index (κ1) is 10.9. The average molecular weight is 194 g/mol. The second-order valence-electron chi connectivity index (χ2n) is 1.83. The molecule has 0 rings (SSSR count). The van der Waals surface area contributed by atoms with Crippen LogP contribution in [0, 0.1) is 0 Å². The van der Waals surface area contributed by atoms with Crippen LogP contribution in [0.15, 0.2) is 11.6 Å². The molecule has 0 aromatic carbocycles. The smallest absolute Gasteiger partial charge is 0.393 e. The number of nitrogens with two attached hydrogens (primary N) is 2. The van der Waals surface area contributed by atoms with Crippen molar-refractivity contribution in [1.29, 1.82) is 0 Å². The fourth-order valence-corrected chi connectivity index (χ4v) is 0.303. The molecule has 0 spiro atoms. The SMILES string of the molecule is NC(F)=C(N)C(F)(F)C(F)(F)F. The molecule has 0 aromatic heterocycles. The van der Waals surface area contributed by atoms with E-state index in [1.165, 1.54) is 0 Å². The Morgan fingerprint density at radius 2 is 1.25 bits per heavy atom. The molecule has 0 saturated carbocycles. The highest BCUT2D eigenvalue weighted by Gasteiger charge is 2.60. The van der Waals surface area contributed by atoms with Gasteiger partial charge in [-0.25, -0.2) is 0 Å². The molecule has 12 heavy (non-hydrogen) atoms. The average Bonchev–Trinajstić information content (AvgIpc) is 1.83. The number of rotatable bonds is 1. The first-order valence-corrected chi connectivity index (χ1v) is 2.46. The molecule has 0 unspecified atom stereocenters. The Labute approximate surface area is 62.8 Å². The molecule has 0 aromatic rings. The lowest BCUT2D eigenvalue weighted by atomic mass is 10.2. The summed E-state index contributed by atoms with van der Waals surface area (Å²) < 4.78 is 69.6. The summed E-state index contributed by atoms with van der Waals surface area (Å²) in [6.07, 6.45) is -5.94. The van der Waals surface area contributed by atoms with Crippen LogP contribution >= 0.6 is 0 Å². The highest BCUT2D eigenvalue weighted by Crippen LogP contribution is 2.39. The molecule has 72 valence electrons. The lowest BCUT2D eigenvalue weighted by Gasteiger charge is -2.19. The summed E-state index contributed by atoms with van der Waals surface area (Å²) in [5.41, 5.74) is 5.79. The second-order valence-corrected chi connectivity index (χ2v) is 1.83. The van der Waals surface area contributed by atoms with Gasteiger partial charge in [0.2, 0.25) is 5.95 Å². The van der Waals surface area contributed by atoms with Crippen LogP contribution in [0.3, 0.4) is 0 Å². The summed E-state index contributed by atoms with van der Waals surface area (Å²) in [4.78, 5) is 0. The van der Waals surface area contributed by atoms with E-state index < -0.39 is 23.7 Å². The van der Waals surface area contributed by atoms with Crippen LogP contribution < -0.4 is 11.5 Å². The van der Waals surface area contributed by atoms with Gasteiger partial charge < -0.3 is 11.5 Å². The third-order valence-electron chi connectivity index (χ3n) is 0.952. The molecule has 0 fully saturated rings. The van der Waals surface area contributed by atoms with Crippen molar-refractivity contribution in [3.05, 3.63) is 11.6 Å². The van der Waals surface area contributed by atoms with Crippen molar-refractivity contribution in [3.63, 3.8) is 0 Å². The van der Waals surface area contributed by atoms with Crippen molar-refractivity contribution in [2.24, 2.45) is 11.5 Å². The van der Waals surface area contributed by atoms with Gasteiger partial charge in [0, 0.05) is 0 Å². The van der Waals surface area contributed by atoms with Gasteiger partial charge in [0.25, 0.3) is 0 Å². The van der Waals surface area contributed by atoms with Crippen LogP contribution in [0.4, 0.5) is 26.3 Å². The van der Waals surface area contributed by atoms with Gasteiger partial charge in [-0.15, -0.1) is 0 Å². The van der Waals surface area contributed by atoms with E-state index in [9.17, 15) is 26.3 Å². The molecule has 2 nitrogen and oxygen atoms in total.